The fraction of sp³-hybridized carbons (Fsp3) is 0.100. The summed E-state index contributed by atoms with van der Waals surface area (Å²) < 4.78 is 0. The minimum Gasteiger partial charge on any atom is -0.507 e. The SMILES string of the molecule is C=CCc1cccc(/C=N\O)c1O. The van der Waals surface area contributed by atoms with E-state index in [1.165, 1.54) is 6.21 Å². The summed E-state index contributed by atoms with van der Waals surface area (Å²) in [5.41, 5.74) is 1.27. The molecule has 13 heavy (non-hydrogen) atoms. The molecule has 0 aliphatic rings. The van der Waals surface area contributed by atoms with Crippen LogP contribution >= 0.6 is 0 Å². The van der Waals surface area contributed by atoms with Crippen LogP contribution in [0.3, 0.4) is 0 Å². The van der Waals surface area contributed by atoms with Gasteiger partial charge in [0.1, 0.15) is 5.75 Å². The third-order valence-corrected chi connectivity index (χ3v) is 1.71. The molecule has 0 aliphatic carbocycles. The van der Waals surface area contributed by atoms with E-state index in [-0.39, 0.29) is 5.75 Å². The van der Waals surface area contributed by atoms with Crippen LogP contribution in [0.2, 0.25) is 0 Å². The molecule has 0 aromatic heterocycles. The van der Waals surface area contributed by atoms with Gasteiger partial charge in [-0.05, 0) is 18.1 Å². The Kier molecular flexibility index (Phi) is 3.09. The van der Waals surface area contributed by atoms with Crippen LogP contribution < -0.4 is 0 Å². The van der Waals surface area contributed by atoms with Gasteiger partial charge in [0.2, 0.25) is 0 Å². The molecule has 2 N–H and O–H groups in total. The maximum atomic E-state index is 9.60. The van der Waals surface area contributed by atoms with Crippen molar-refractivity contribution in [2.45, 2.75) is 6.42 Å². The number of benzene rings is 1. The zero-order valence-electron chi connectivity index (χ0n) is 7.14. The van der Waals surface area contributed by atoms with E-state index in [4.69, 9.17) is 5.21 Å². The lowest BCUT2D eigenvalue weighted by Gasteiger charge is -2.03. The molecule has 1 aromatic carbocycles. The number of phenols is 1. The number of hydrogen-bond acceptors (Lipinski definition) is 3. The number of phenolic OH excluding ortho intramolecular Hbond substituents is 1. The smallest absolute Gasteiger partial charge is 0.127 e. The van der Waals surface area contributed by atoms with Gasteiger partial charge in [0.05, 0.1) is 6.21 Å². The van der Waals surface area contributed by atoms with E-state index in [9.17, 15) is 5.11 Å². The highest BCUT2D eigenvalue weighted by atomic mass is 16.4. The Morgan fingerprint density at radius 3 is 2.85 bits per heavy atom. The normalized spacial score (nSPS) is 10.5. The van der Waals surface area contributed by atoms with Gasteiger partial charge < -0.3 is 10.3 Å². The Hall–Kier alpha value is -1.77. The summed E-state index contributed by atoms with van der Waals surface area (Å²) in [5.74, 6) is 0.139. The van der Waals surface area contributed by atoms with E-state index in [2.05, 4.69) is 11.7 Å². The summed E-state index contributed by atoms with van der Waals surface area (Å²) in [6.45, 7) is 3.58. The Morgan fingerprint density at radius 2 is 2.23 bits per heavy atom. The van der Waals surface area contributed by atoms with Crippen LogP contribution in [0.1, 0.15) is 11.1 Å². The fourth-order valence-corrected chi connectivity index (χ4v) is 1.10. The third kappa shape index (κ3) is 2.08. The monoisotopic (exact) mass is 177 g/mol. The summed E-state index contributed by atoms with van der Waals surface area (Å²) in [5, 5.41) is 20.8. The third-order valence-electron chi connectivity index (χ3n) is 1.71. The van der Waals surface area contributed by atoms with Gasteiger partial charge in [-0.25, -0.2) is 0 Å². The van der Waals surface area contributed by atoms with Crippen molar-refractivity contribution < 1.29 is 10.3 Å². The molecule has 0 aliphatic heterocycles. The molecule has 0 spiro atoms. The number of aromatic hydroxyl groups is 1. The van der Waals surface area contributed by atoms with Crippen LogP contribution in [-0.2, 0) is 6.42 Å². The van der Waals surface area contributed by atoms with Gasteiger partial charge in [-0.3, -0.25) is 0 Å². The maximum Gasteiger partial charge on any atom is 0.127 e. The minimum absolute atomic E-state index is 0.139. The van der Waals surface area contributed by atoms with Crippen molar-refractivity contribution in [1.82, 2.24) is 0 Å². The van der Waals surface area contributed by atoms with Gasteiger partial charge in [0, 0.05) is 5.56 Å². The molecule has 0 unspecified atom stereocenters. The minimum atomic E-state index is 0.139. The Bertz CT molecular complexity index is 332. The largest absolute Gasteiger partial charge is 0.507 e. The highest BCUT2D eigenvalue weighted by Crippen LogP contribution is 2.21. The van der Waals surface area contributed by atoms with Crippen molar-refractivity contribution in [2.24, 2.45) is 5.16 Å². The first-order valence-electron chi connectivity index (χ1n) is 3.88. The average molecular weight is 177 g/mol. The van der Waals surface area contributed by atoms with Crippen LogP contribution in [0.5, 0.6) is 5.75 Å². The van der Waals surface area contributed by atoms with Crippen LogP contribution in [0.4, 0.5) is 0 Å². The molecule has 68 valence electrons. The standard InChI is InChI=1S/C10H11NO2/c1-2-4-8-5-3-6-9(7-11-13)10(8)12/h2-3,5-7,12-13H,1,4H2/b11-7-. The van der Waals surface area contributed by atoms with Gasteiger partial charge >= 0.3 is 0 Å². The van der Waals surface area contributed by atoms with Gasteiger partial charge in [0.15, 0.2) is 0 Å². The van der Waals surface area contributed by atoms with Crippen molar-refractivity contribution in [3.63, 3.8) is 0 Å². The molecule has 0 amide bonds. The lowest BCUT2D eigenvalue weighted by molar-refractivity contribution is 0.321. The molecule has 0 heterocycles. The van der Waals surface area contributed by atoms with Crippen molar-refractivity contribution in [1.29, 1.82) is 0 Å². The Balaban J connectivity index is 3.09. The first kappa shape index (κ1) is 9.32. The van der Waals surface area contributed by atoms with Crippen LogP contribution in [-0.4, -0.2) is 16.5 Å². The summed E-state index contributed by atoms with van der Waals surface area (Å²) >= 11 is 0. The molecular weight excluding hydrogens is 166 g/mol. The second-order valence-electron chi connectivity index (χ2n) is 2.59. The molecule has 1 rings (SSSR count). The number of para-hydroxylation sites is 1. The van der Waals surface area contributed by atoms with Crippen molar-refractivity contribution >= 4 is 6.21 Å². The van der Waals surface area contributed by atoms with Crippen molar-refractivity contribution in [2.75, 3.05) is 0 Å². The van der Waals surface area contributed by atoms with Gasteiger partial charge in [-0.1, -0.05) is 23.4 Å². The molecule has 0 atom stereocenters. The molecular formula is C10H11NO2. The second-order valence-corrected chi connectivity index (χ2v) is 2.59. The topological polar surface area (TPSA) is 52.8 Å². The van der Waals surface area contributed by atoms with Crippen LogP contribution in [0.15, 0.2) is 36.0 Å². The number of nitrogens with zero attached hydrogens (tertiary/aromatic N) is 1. The van der Waals surface area contributed by atoms with E-state index in [0.717, 1.165) is 5.56 Å². The summed E-state index contributed by atoms with van der Waals surface area (Å²) in [7, 11) is 0. The number of rotatable bonds is 3. The molecule has 3 nitrogen and oxygen atoms in total. The van der Waals surface area contributed by atoms with E-state index in [1.54, 1.807) is 24.3 Å². The highest BCUT2D eigenvalue weighted by molar-refractivity contribution is 5.83. The quantitative estimate of drug-likeness (QED) is 0.321. The zero-order valence-corrected chi connectivity index (χ0v) is 7.14. The molecule has 0 saturated heterocycles. The van der Waals surface area contributed by atoms with E-state index >= 15 is 0 Å². The summed E-state index contributed by atoms with van der Waals surface area (Å²) in [4.78, 5) is 0. The first-order valence-corrected chi connectivity index (χ1v) is 3.88. The molecule has 3 heteroatoms. The molecule has 0 saturated carbocycles. The zero-order chi connectivity index (χ0) is 9.68. The molecule has 0 radical (unpaired) electrons. The second kappa shape index (κ2) is 4.30. The fourth-order valence-electron chi connectivity index (χ4n) is 1.10. The lowest BCUT2D eigenvalue weighted by atomic mass is 10.1. The number of allylic oxidation sites excluding steroid dienone is 1. The predicted molar refractivity (Wildman–Crippen MR) is 51.4 cm³/mol. The summed E-state index contributed by atoms with van der Waals surface area (Å²) in [6.07, 6.45) is 3.50. The van der Waals surface area contributed by atoms with Crippen LogP contribution in [0.25, 0.3) is 0 Å². The highest BCUT2D eigenvalue weighted by Gasteiger charge is 2.02. The first-order chi connectivity index (χ1) is 6.29. The van der Waals surface area contributed by atoms with E-state index in [1.807, 2.05) is 0 Å². The predicted octanol–water partition coefficient (Wildman–Crippen LogP) is 1.93. The van der Waals surface area contributed by atoms with Crippen molar-refractivity contribution in [3.05, 3.63) is 42.0 Å². The lowest BCUT2D eigenvalue weighted by Crippen LogP contribution is -1.88. The molecule has 0 fully saturated rings. The van der Waals surface area contributed by atoms with Gasteiger partial charge in [-0.2, -0.15) is 0 Å². The Morgan fingerprint density at radius 1 is 1.46 bits per heavy atom. The average Bonchev–Trinajstić information content (AvgIpc) is 2.13. The van der Waals surface area contributed by atoms with Crippen molar-refractivity contribution in [3.8, 4) is 5.75 Å². The molecule has 1 aromatic rings. The number of hydrogen-bond donors (Lipinski definition) is 2. The van der Waals surface area contributed by atoms with E-state index in [0.29, 0.717) is 12.0 Å². The van der Waals surface area contributed by atoms with Gasteiger partial charge in [-0.15, -0.1) is 6.58 Å². The van der Waals surface area contributed by atoms with E-state index < -0.39 is 0 Å². The number of oxime groups is 1. The van der Waals surface area contributed by atoms with Crippen LogP contribution in [0, 0.1) is 0 Å². The van der Waals surface area contributed by atoms with Gasteiger partial charge in [0.25, 0.3) is 0 Å². The Labute approximate surface area is 76.6 Å². The maximum absolute atomic E-state index is 9.60. The molecule has 0 bridgehead atoms. The summed E-state index contributed by atoms with van der Waals surface area (Å²) in [6, 6.07) is 5.25.